The van der Waals surface area contributed by atoms with E-state index in [-0.39, 0.29) is 17.9 Å². The summed E-state index contributed by atoms with van der Waals surface area (Å²) in [5.74, 6) is 0.854. The summed E-state index contributed by atoms with van der Waals surface area (Å²) in [6.45, 7) is 5.96. The molecule has 1 aromatic rings. The fourth-order valence-corrected chi connectivity index (χ4v) is 1.82. The molecule has 0 heterocycles. The van der Waals surface area contributed by atoms with Crippen molar-refractivity contribution in [1.82, 2.24) is 5.32 Å². The second kappa shape index (κ2) is 7.14. The van der Waals surface area contributed by atoms with E-state index < -0.39 is 6.04 Å². The quantitative estimate of drug-likeness (QED) is 0.828. The van der Waals surface area contributed by atoms with Crippen molar-refractivity contribution in [3.8, 4) is 5.75 Å². The van der Waals surface area contributed by atoms with Gasteiger partial charge in [0.25, 0.3) is 0 Å². The predicted molar refractivity (Wildman–Crippen MR) is 77.0 cm³/mol. The number of methoxy groups -OCH3 is 1. The molecule has 0 aliphatic carbocycles. The lowest BCUT2D eigenvalue weighted by molar-refractivity contribution is -0.124. The molecule has 1 rings (SSSR count). The highest BCUT2D eigenvalue weighted by Crippen LogP contribution is 2.19. The van der Waals surface area contributed by atoms with E-state index in [0.717, 1.165) is 17.7 Å². The third-order valence-corrected chi connectivity index (χ3v) is 3.51. The van der Waals surface area contributed by atoms with Gasteiger partial charge in [0.15, 0.2) is 0 Å². The largest absolute Gasteiger partial charge is 0.497 e. The van der Waals surface area contributed by atoms with Crippen molar-refractivity contribution >= 4 is 5.91 Å². The predicted octanol–water partition coefficient (Wildman–Crippen LogP) is 2.25. The number of hydrogen-bond donors (Lipinski definition) is 2. The van der Waals surface area contributed by atoms with Gasteiger partial charge in [-0.1, -0.05) is 32.4 Å². The molecule has 0 saturated heterocycles. The first-order chi connectivity index (χ1) is 8.99. The Morgan fingerprint density at radius 1 is 1.42 bits per heavy atom. The van der Waals surface area contributed by atoms with Gasteiger partial charge in [-0.3, -0.25) is 4.79 Å². The second-order valence-corrected chi connectivity index (χ2v) is 4.92. The molecule has 0 fully saturated rings. The Hall–Kier alpha value is -1.55. The Morgan fingerprint density at radius 3 is 2.68 bits per heavy atom. The van der Waals surface area contributed by atoms with E-state index in [1.807, 2.05) is 45.0 Å². The lowest BCUT2D eigenvalue weighted by Gasteiger charge is -2.21. The molecule has 0 aliphatic heterocycles. The van der Waals surface area contributed by atoms with Crippen molar-refractivity contribution in [3.05, 3.63) is 29.8 Å². The van der Waals surface area contributed by atoms with Crippen molar-refractivity contribution in [2.24, 2.45) is 11.7 Å². The summed E-state index contributed by atoms with van der Waals surface area (Å²) < 4.78 is 5.18. The van der Waals surface area contributed by atoms with Crippen molar-refractivity contribution in [1.29, 1.82) is 0 Å². The van der Waals surface area contributed by atoms with Gasteiger partial charge in [0.2, 0.25) is 5.91 Å². The van der Waals surface area contributed by atoms with Gasteiger partial charge in [-0.05, 0) is 30.5 Å². The van der Waals surface area contributed by atoms with E-state index in [0.29, 0.717) is 0 Å². The Labute approximate surface area is 115 Å². The Bertz CT molecular complexity index is 420. The number of ether oxygens (including phenoxy) is 1. The summed E-state index contributed by atoms with van der Waals surface area (Å²) in [6.07, 6.45) is 0.891. The number of carbonyl (C=O) groups excluding carboxylic acids is 1. The third-order valence-electron chi connectivity index (χ3n) is 3.51. The van der Waals surface area contributed by atoms with Gasteiger partial charge in [0, 0.05) is 0 Å². The SMILES string of the molecule is CC[C@H](C)[C@H](N)C(=O)N[C@@H](C)c1cccc(OC)c1. The smallest absolute Gasteiger partial charge is 0.237 e. The molecule has 4 nitrogen and oxygen atoms in total. The zero-order valence-electron chi connectivity index (χ0n) is 12.1. The van der Waals surface area contributed by atoms with E-state index in [9.17, 15) is 4.79 Å². The summed E-state index contributed by atoms with van der Waals surface area (Å²) in [7, 11) is 1.63. The average molecular weight is 264 g/mol. The first-order valence-electron chi connectivity index (χ1n) is 6.69. The summed E-state index contributed by atoms with van der Waals surface area (Å²) in [5.41, 5.74) is 6.92. The minimum Gasteiger partial charge on any atom is -0.497 e. The number of hydrogen-bond acceptors (Lipinski definition) is 3. The molecule has 4 heteroatoms. The van der Waals surface area contributed by atoms with Crippen LogP contribution in [0.5, 0.6) is 5.75 Å². The highest BCUT2D eigenvalue weighted by Gasteiger charge is 2.21. The summed E-state index contributed by atoms with van der Waals surface area (Å²) >= 11 is 0. The van der Waals surface area contributed by atoms with E-state index in [2.05, 4.69) is 5.32 Å². The molecule has 0 bridgehead atoms. The maximum atomic E-state index is 12.0. The zero-order chi connectivity index (χ0) is 14.4. The van der Waals surface area contributed by atoms with Crippen LogP contribution in [0.4, 0.5) is 0 Å². The lowest BCUT2D eigenvalue weighted by atomic mass is 9.98. The number of nitrogens with one attached hydrogen (secondary N) is 1. The number of amides is 1. The maximum Gasteiger partial charge on any atom is 0.237 e. The molecule has 106 valence electrons. The molecule has 0 radical (unpaired) electrons. The summed E-state index contributed by atoms with van der Waals surface area (Å²) in [4.78, 5) is 12.0. The van der Waals surface area contributed by atoms with Crippen LogP contribution in [0, 0.1) is 5.92 Å². The molecule has 19 heavy (non-hydrogen) atoms. The van der Waals surface area contributed by atoms with E-state index in [4.69, 9.17) is 10.5 Å². The van der Waals surface area contributed by atoms with Crippen molar-refractivity contribution in [2.45, 2.75) is 39.3 Å². The highest BCUT2D eigenvalue weighted by atomic mass is 16.5. The molecule has 0 aromatic heterocycles. The van der Waals surface area contributed by atoms with E-state index >= 15 is 0 Å². The molecule has 1 amide bonds. The Morgan fingerprint density at radius 2 is 2.11 bits per heavy atom. The number of rotatable bonds is 6. The van der Waals surface area contributed by atoms with E-state index in [1.54, 1.807) is 7.11 Å². The van der Waals surface area contributed by atoms with Crippen molar-refractivity contribution < 1.29 is 9.53 Å². The van der Waals surface area contributed by atoms with E-state index in [1.165, 1.54) is 0 Å². The van der Waals surface area contributed by atoms with Gasteiger partial charge in [0.1, 0.15) is 5.75 Å². The number of nitrogens with two attached hydrogens (primary N) is 1. The normalized spacial score (nSPS) is 15.4. The maximum absolute atomic E-state index is 12.0. The highest BCUT2D eigenvalue weighted by molar-refractivity contribution is 5.82. The molecule has 3 N–H and O–H groups in total. The van der Waals surface area contributed by atoms with Crippen LogP contribution in [0.25, 0.3) is 0 Å². The van der Waals surface area contributed by atoms with Crippen LogP contribution >= 0.6 is 0 Å². The van der Waals surface area contributed by atoms with Gasteiger partial charge in [0.05, 0.1) is 19.2 Å². The van der Waals surface area contributed by atoms with Gasteiger partial charge in [-0.2, -0.15) is 0 Å². The average Bonchev–Trinajstić information content (AvgIpc) is 2.45. The Balaban J connectivity index is 2.68. The second-order valence-electron chi connectivity index (χ2n) is 4.92. The molecule has 0 unspecified atom stereocenters. The topological polar surface area (TPSA) is 64.4 Å². The zero-order valence-corrected chi connectivity index (χ0v) is 12.1. The first kappa shape index (κ1) is 15.5. The monoisotopic (exact) mass is 264 g/mol. The molecular weight excluding hydrogens is 240 g/mol. The molecule has 0 aliphatic rings. The van der Waals surface area contributed by atoms with Crippen LogP contribution in [-0.4, -0.2) is 19.1 Å². The molecule has 0 spiro atoms. The standard InChI is InChI=1S/C15H24N2O2/c1-5-10(2)14(16)15(18)17-11(3)12-7-6-8-13(9-12)19-4/h6-11,14H,5,16H2,1-4H3,(H,17,18)/t10-,11-,14-/m0/s1. The van der Waals surface area contributed by atoms with Crippen LogP contribution in [0.15, 0.2) is 24.3 Å². The van der Waals surface area contributed by atoms with Gasteiger partial charge >= 0.3 is 0 Å². The summed E-state index contributed by atoms with van der Waals surface area (Å²) in [5, 5.41) is 2.94. The molecular formula is C15H24N2O2. The minimum atomic E-state index is -0.460. The lowest BCUT2D eigenvalue weighted by Crippen LogP contribution is -2.45. The fraction of sp³-hybridized carbons (Fsp3) is 0.533. The van der Waals surface area contributed by atoms with Gasteiger partial charge < -0.3 is 15.8 Å². The molecule has 0 saturated carbocycles. The molecule has 1 aromatic carbocycles. The minimum absolute atomic E-state index is 0.0855. The van der Waals surface area contributed by atoms with Gasteiger partial charge in [-0.15, -0.1) is 0 Å². The van der Waals surface area contributed by atoms with Crippen LogP contribution in [0.3, 0.4) is 0 Å². The van der Waals surface area contributed by atoms with Gasteiger partial charge in [-0.25, -0.2) is 0 Å². The van der Waals surface area contributed by atoms with Crippen LogP contribution in [0.1, 0.15) is 38.8 Å². The first-order valence-corrected chi connectivity index (χ1v) is 6.69. The number of benzene rings is 1. The van der Waals surface area contributed by atoms with Crippen molar-refractivity contribution in [3.63, 3.8) is 0 Å². The third kappa shape index (κ3) is 4.24. The summed E-state index contributed by atoms with van der Waals surface area (Å²) in [6, 6.07) is 7.12. The fourth-order valence-electron chi connectivity index (χ4n) is 1.82. The van der Waals surface area contributed by atoms with Crippen LogP contribution < -0.4 is 15.8 Å². The molecule has 3 atom stereocenters. The number of carbonyl (C=O) groups is 1. The van der Waals surface area contributed by atoms with Crippen LogP contribution in [-0.2, 0) is 4.79 Å². The van der Waals surface area contributed by atoms with Crippen LogP contribution in [0.2, 0.25) is 0 Å². The Kier molecular flexibility index (Phi) is 5.83. The van der Waals surface area contributed by atoms with Crippen molar-refractivity contribution in [2.75, 3.05) is 7.11 Å².